The second-order valence-electron chi connectivity index (χ2n) is 26.1. The zero-order valence-corrected chi connectivity index (χ0v) is 58.7. The molecule has 0 aromatic carbocycles. The van der Waals surface area contributed by atoms with Crippen molar-refractivity contribution in [3.8, 4) is 0 Å². The van der Waals surface area contributed by atoms with E-state index in [0.29, 0.717) is 12.8 Å². The van der Waals surface area contributed by atoms with E-state index in [4.69, 9.17) is 9.47 Å². The summed E-state index contributed by atoms with van der Waals surface area (Å²) >= 11 is 0. The van der Waals surface area contributed by atoms with Crippen LogP contribution in [-0.2, 0) is 19.1 Å². The number of allylic oxidation sites excluding steroid dienone is 16. The van der Waals surface area contributed by atoms with Crippen molar-refractivity contribution in [3.05, 3.63) is 97.2 Å². The maximum absolute atomic E-state index is 12.4. The molecule has 0 aromatic heterocycles. The zero-order valence-electron chi connectivity index (χ0n) is 58.7. The molecule has 88 heavy (non-hydrogen) atoms. The van der Waals surface area contributed by atoms with Crippen molar-refractivity contribution in [3.63, 3.8) is 0 Å². The Morgan fingerprint density at radius 1 is 0.273 bits per heavy atom. The number of aliphatic hydroxyl groups is 1. The standard InChI is InChI=1S/C83H148O5/c1-3-5-7-9-11-13-15-17-19-21-23-25-27-29-31-33-35-37-38-39-40-41-42-43-44-46-47-49-51-53-55-57-59-61-63-65-67-69-71-73-75-77-82(85)87-80-81(79-84)88-83(86)78-76-74-72-70-68-66-64-62-60-58-56-54-52-50-48-45-36-34-32-30-28-26-24-22-20-18-16-14-12-10-8-6-4-2/h6,8,12,14,18,20-21,23-24,26,30,32,36,45,50,52,81,84H,3-5,7,9-11,13,15-17,19,22,25,27-29,31,33-35,37-44,46-49,51,53-80H2,1-2H3/b8-6-,14-12-,20-18-,23-21-,26-24-,32-30-,45-36-,52-50-. The topological polar surface area (TPSA) is 72.8 Å². The molecular formula is C83H148O5. The Bertz CT molecular complexity index is 1630. The first-order chi connectivity index (χ1) is 43.6. The van der Waals surface area contributed by atoms with Gasteiger partial charge in [-0.05, 0) is 96.3 Å². The van der Waals surface area contributed by atoms with Gasteiger partial charge in [0, 0.05) is 12.8 Å². The third kappa shape index (κ3) is 75.3. The highest BCUT2D eigenvalue weighted by Crippen LogP contribution is 2.19. The minimum absolute atomic E-state index is 0.0667. The zero-order chi connectivity index (χ0) is 63.3. The molecule has 5 nitrogen and oxygen atoms in total. The van der Waals surface area contributed by atoms with Gasteiger partial charge in [-0.2, -0.15) is 0 Å². The molecule has 0 fully saturated rings. The minimum Gasteiger partial charge on any atom is -0.462 e. The molecule has 0 amide bonds. The van der Waals surface area contributed by atoms with Crippen molar-refractivity contribution < 1.29 is 24.2 Å². The van der Waals surface area contributed by atoms with Crippen molar-refractivity contribution in [1.29, 1.82) is 0 Å². The first kappa shape index (κ1) is 84.8. The monoisotopic (exact) mass is 1230 g/mol. The lowest BCUT2D eigenvalue weighted by molar-refractivity contribution is -0.161. The van der Waals surface area contributed by atoms with Crippen molar-refractivity contribution >= 4 is 11.9 Å². The van der Waals surface area contributed by atoms with Crippen LogP contribution in [0.3, 0.4) is 0 Å². The highest BCUT2D eigenvalue weighted by molar-refractivity contribution is 5.70. The third-order valence-electron chi connectivity index (χ3n) is 17.4. The summed E-state index contributed by atoms with van der Waals surface area (Å²) in [6, 6.07) is 0. The van der Waals surface area contributed by atoms with Crippen molar-refractivity contribution in [2.45, 2.75) is 405 Å². The number of hydrogen-bond acceptors (Lipinski definition) is 5. The van der Waals surface area contributed by atoms with E-state index in [0.717, 1.165) is 83.5 Å². The second-order valence-corrected chi connectivity index (χ2v) is 26.1. The molecule has 0 radical (unpaired) electrons. The Morgan fingerprint density at radius 3 is 0.750 bits per heavy atom. The number of carbonyl (C=O) groups excluding carboxylic acids is 2. The number of hydrogen-bond donors (Lipinski definition) is 1. The molecule has 0 aliphatic carbocycles. The molecule has 1 unspecified atom stereocenters. The predicted octanol–water partition coefficient (Wildman–Crippen LogP) is 27.3. The molecule has 5 heteroatoms. The van der Waals surface area contributed by atoms with Crippen molar-refractivity contribution in [2.24, 2.45) is 0 Å². The van der Waals surface area contributed by atoms with Crippen molar-refractivity contribution in [1.82, 2.24) is 0 Å². The average Bonchev–Trinajstić information content (AvgIpc) is 3.56. The lowest BCUT2D eigenvalue weighted by atomic mass is 10.0. The summed E-state index contributed by atoms with van der Waals surface area (Å²) in [4.78, 5) is 24.7. The number of unbranched alkanes of at least 4 members (excludes halogenated alkanes) is 48. The Hall–Kier alpha value is -3.18. The van der Waals surface area contributed by atoms with Gasteiger partial charge in [0.1, 0.15) is 6.61 Å². The fourth-order valence-corrected chi connectivity index (χ4v) is 11.6. The molecule has 1 atom stereocenters. The number of esters is 2. The minimum atomic E-state index is -0.779. The SMILES string of the molecule is CC/C=C\C/C=C\C/C=C\C/C=C\C/C=C\C/C=C\C/C=C\CCCCCCCCCCCCCC(=O)OC(CO)COC(=O)CCCCCCCCCCCCCCCCCCCCCCCCCCCCCCC/C=C\CCCCCCCCCC. The largest absolute Gasteiger partial charge is 0.462 e. The maximum atomic E-state index is 12.4. The van der Waals surface area contributed by atoms with Gasteiger partial charge in [0.05, 0.1) is 6.61 Å². The summed E-state index contributed by atoms with van der Waals surface area (Å²) in [5, 5.41) is 9.72. The summed E-state index contributed by atoms with van der Waals surface area (Å²) in [7, 11) is 0. The van der Waals surface area contributed by atoms with Crippen LogP contribution in [0.4, 0.5) is 0 Å². The molecule has 1 N–H and O–H groups in total. The molecule has 0 saturated heterocycles. The molecular weight excluding hydrogens is 1080 g/mol. The van der Waals surface area contributed by atoms with E-state index in [2.05, 4.69) is 111 Å². The molecule has 0 saturated carbocycles. The molecule has 0 rings (SSSR count). The fourth-order valence-electron chi connectivity index (χ4n) is 11.6. The van der Waals surface area contributed by atoms with E-state index >= 15 is 0 Å². The molecule has 0 heterocycles. The van der Waals surface area contributed by atoms with Gasteiger partial charge in [-0.1, -0.05) is 387 Å². The van der Waals surface area contributed by atoms with Crippen LogP contribution in [-0.4, -0.2) is 36.4 Å². The number of rotatable bonds is 72. The lowest BCUT2D eigenvalue weighted by Gasteiger charge is -2.15. The van der Waals surface area contributed by atoms with Gasteiger partial charge in [0.25, 0.3) is 0 Å². The summed E-state index contributed by atoms with van der Waals surface area (Å²) in [6.07, 6.45) is 112. The summed E-state index contributed by atoms with van der Waals surface area (Å²) in [5.74, 6) is -0.580. The maximum Gasteiger partial charge on any atom is 0.306 e. The number of carbonyl (C=O) groups is 2. The van der Waals surface area contributed by atoms with Crippen LogP contribution >= 0.6 is 0 Å². The summed E-state index contributed by atoms with van der Waals surface area (Å²) < 4.78 is 10.8. The smallest absolute Gasteiger partial charge is 0.306 e. The second kappa shape index (κ2) is 78.1. The number of aliphatic hydroxyl groups excluding tert-OH is 1. The van der Waals surface area contributed by atoms with Gasteiger partial charge in [-0.25, -0.2) is 0 Å². The average molecular weight is 1230 g/mol. The highest BCUT2D eigenvalue weighted by Gasteiger charge is 2.16. The third-order valence-corrected chi connectivity index (χ3v) is 17.4. The Labute approximate surface area is 548 Å². The highest BCUT2D eigenvalue weighted by atomic mass is 16.6. The number of ether oxygens (including phenoxy) is 2. The van der Waals surface area contributed by atoms with E-state index in [1.165, 1.54) is 289 Å². The van der Waals surface area contributed by atoms with Crippen LogP contribution in [0.2, 0.25) is 0 Å². The Kier molecular flexibility index (Phi) is 75.2. The quantitative estimate of drug-likeness (QED) is 0.0373. The lowest BCUT2D eigenvalue weighted by Crippen LogP contribution is -2.28. The van der Waals surface area contributed by atoms with Gasteiger partial charge in [0.15, 0.2) is 6.10 Å². The van der Waals surface area contributed by atoms with Gasteiger partial charge >= 0.3 is 11.9 Å². The van der Waals surface area contributed by atoms with E-state index < -0.39 is 6.10 Å². The van der Waals surface area contributed by atoms with Gasteiger partial charge in [-0.3, -0.25) is 9.59 Å². The molecule has 0 aliphatic heterocycles. The Morgan fingerprint density at radius 2 is 0.489 bits per heavy atom. The molecule has 0 bridgehead atoms. The van der Waals surface area contributed by atoms with Crippen LogP contribution in [0.15, 0.2) is 97.2 Å². The van der Waals surface area contributed by atoms with E-state index in [1.54, 1.807) is 0 Å². The summed E-state index contributed by atoms with van der Waals surface area (Å²) in [6.45, 7) is 4.07. The van der Waals surface area contributed by atoms with Gasteiger partial charge in [-0.15, -0.1) is 0 Å². The van der Waals surface area contributed by atoms with Gasteiger partial charge < -0.3 is 14.6 Å². The van der Waals surface area contributed by atoms with Crippen LogP contribution in [0.25, 0.3) is 0 Å². The van der Waals surface area contributed by atoms with Gasteiger partial charge in [0.2, 0.25) is 0 Å². The first-order valence-corrected chi connectivity index (χ1v) is 38.8. The normalized spacial score (nSPS) is 12.7. The van der Waals surface area contributed by atoms with Crippen LogP contribution in [0.1, 0.15) is 399 Å². The summed E-state index contributed by atoms with van der Waals surface area (Å²) in [5.41, 5.74) is 0. The van der Waals surface area contributed by atoms with E-state index in [-0.39, 0.29) is 25.2 Å². The van der Waals surface area contributed by atoms with Crippen LogP contribution in [0, 0.1) is 0 Å². The predicted molar refractivity (Wildman–Crippen MR) is 389 cm³/mol. The molecule has 510 valence electrons. The molecule has 0 aromatic rings. The van der Waals surface area contributed by atoms with Crippen LogP contribution in [0.5, 0.6) is 0 Å². The van der Waals surface area contributed by atoms with Crippen molar-refractivity contribution in [2.75, 3.05) is 13.2 Å². The first-order valence-electron chi connectivity index (χ1n) is 38.8. The fraction of sp³-hybridized carbons (Fsp3) is 0.783. The van der Waals surface area contributed by atoms with E-state index in [1.807, 2.05) is 0 Å². The van der Waals surface area contributed by atoms with Crippen LogP contribution < -0.4 is 0 Å². The molecule has 0 aliphatic rings. The van der Waals surface area contributed by atoms with E-state index in [9.17, 15) is 14.7 Å². The molecule has 0 spiro atoms. The Balaban J connectivity index is 3.42.